The van der Waals surface area contributed by atoms with Gasteiger partial charge >= 0.3 is 10.6 Å². The molecule has 6 heteroatoms. The van der Waals surface area contributed by atoms with Crippen molar-refractivity contribution in [3.8, 4) is 11.5 Å². The third kappa shape index (κ3) is 1.38. The molecule has 0 saturated carbocycles. The Hall–Kier alpha value is -0.740. The number of hydrogen-bond donors (Lipinski definition) is 0. The Kier molecular flexibility index (Phi) is 2.01. The topological polar surface area (TPSA) is 18.5 Å². The van der Waals surface area contributed by atoms with Crippen LogP contribution in [0.2, 0.25) is 0 Å². The summed E-state index contributed by atoms with van der Waals surface area (Å²) in [5.41, 5.74) is 0. The molecule has 2 rings (SSSR count). The van der Waals surface area contributed by atoms with E-state index in [-0.39, 0.29) is 11.5 Å². The van der Waals surface area contributed by atoms with Gasteiger partial charge in [0.2, 0.25) is 0 Å². The minimum Gasteiger partial charge on any atom is -0.435 e. The second kappa shape index (κ2) is 2.87. The van der Waals surface area contributed by atoms with Crippen molar-refractivity contribution in [1.82, 2.24) is 0 Å². The lowest BCUT2D eigenvalue weighted by molar-refractivity contribution is -0.180. The molecular formula is C8H4Cl2F2O2. The fraction of sp³-hybridized carbons (Fsp3) is 0.250. The molecular weight excluding hydrogens is 237 g/mol. The Morgan fingerprint density at radius 2 is 1.29 bits per heavy atom. The molecule has 0 bridgehead atoms. The van der Waals surface area contributed by atoms with Crippen molar-refractivity contribution in [2.24, 2.45) is 0 Å². The van der Waals surface area contributed by atoms with Gasteiger partial charge in [0.25, 0.3) is 0 Å². The highest BCUT2D eigenvalue weighted by Crippen LogP contribution is 2.48. The molecule has 2 nitrogen and oxygen atoms in total. The fourth-order valence-corrected chi connectivity index (χ4v) is 1.26. The van der Waals surface area contributed by atoms with Crippen LogP contribution in [0.5, 0.6) is 11.5 Å². The van der Waals surface area contributed by atoms with Gasteiger partial charge in [0.1, 0.15) is 0 Å². The van der Waals surface area contributed by atoms with E-state index in [1.54, 1.807) is 12.1 Å². The number of hydrogen-bond acceptors (Lipinski definition) is 2. The van der Waals surface area contributed by atoms with Crippen LogP contribution in [0.15, 0.2) is 24.3 Å². The Bertz CT molecular complexity index is 333. The maximum Gasteiger partial charge on any atom is 0.414 e. The minimum atomic E-state index is -3.23. The standard InChI is InChI=1S/C8H4Cl2F2O2/c9-7(11)8(10,12)14-6-4-2-1-3-5(6)13-7/h1-4H. The van der Waals surface area contributed by atoms with Gasteiger partial charge in [0.05, 0.1) is 0 Å². The number of rotatable bonds is 0. The summed E-state index contributed by atoms with van der Waals surface area (Å²) in [6.07, 6.45) is 0. The summed E-state index contributed by atoms with van der Waals surface area (Å²) in [5.74, 6) is -0.00199. The molecule has 1 heterocycles. The smallest absolute Gasteiger partial charge is 0.414 e. The van der Waals surface area contributed by atoms with Crippen molar-refractivity contribution < 1.29 is 18.3 Å². The van der Waals surface area contributed by atoms with E-state index < -0.39 is 10.6 Å². The van der Waals surface area contributed by atoms with Crippen molar-refractivity contribution in [3.05, 3.63) is 24.3 Å². The molecule has 1 aliphatic heterocycles. The van der Waals surface area contributed by atoms with Gasteiger partial charge in [-0.2, -0.15) is 8.78 Å². The summed E-state index contributed by atoms with van der Waals surface area (Å²) in [7, 11) is 0. The second-order valence-electron chi connectivity index (χ2n) is 2.68. The van der Waals surface area contributed by atoms with Crippen LogP contribution in [0.4, 0.5) is 8.78 Å². The van der Waals surface area contributed by atoms with Gasteiger partial charge in [-0.05, 0) is 35.3 Å². The lowest BCUT2D eigenvalue weighted by atomic mass is 10.3. The number of alkyl halides is 4. The molecule has 0 spiro atoms. The average Bonchev–Trinajstić information content (AvgIpc) is 2.05. The Morgan fingerprint density at radius 3 is 1.64 bits per heavy atom. The van der Waals surface area contributed by atoms with Crippen molar-refractivity contribution in [2.45, 2.75) is 10.6 Å². The third-order valence-electron chi connectivity index (χ3n) is 1.66. The zero-order valence-electron chi connectivity index (χ0n) is 6.64. The molecule has 0 aliphatic carbocycles. The summed E-state index contributed by atoms with van der Waals surface area (Å²) in [4.78, 5) is 0. The van der Waals surface area contributed by atoms with Gasteiger partial charge < -0.3 is 9.47 Å². The molecule has 76 valence electrons. The highest BCUT2D eigenvalue weighted by Gasteiger charge is 2.60. The SMILES string of the molecule is FC1(Cl)Oc2ccccc2OC1(F)Cl. The van der Waals surface area contributed by atoms with E-state index in [0.29, 0.717) is 0 Å². The number of para-hydroxylation sites is 2. The molecule has 2 atom stereocenters. The first kappa shape index (κ1) is 9.80. The number of fused-ring (bicyclic) bond motifs is 1. The van der Waals surface area contributed by atoms with E-state index in [2.05, 4.69) is 9.47 Å². The molecule has 1 aromatic carbocycles. The first-order valence-electron chi connectivity index (χ1n) is 3.65. The van der Waals surface area contributed by atoms with Crippen LogP contribution < -0.4 is 9.47 Å². The van der Waals surface area contributed by atoms with E-state index in [0.717, 1.165) is 0 Å². The lowest BCUT2D eigenvalue weighted by Gasteiger charge is -2.34. The molecule has 0 N–H and O–H groups in total. The van der Waals surface area contributed by atoms with Gasteiger partial charge in [-0.25, -0.2) is 0 Å². The predicted octanol–water partition coefficient (Wildman–Crippen LogP) is 3.18. The number of benzene rings is 1. The Morgan fingerprint density at radius 1 is 0.929 bits per heavy atom. The van der Waals surface area contributed by atoms with Crippen LogP contribution in [-0.4, -0.2) is 10.6 Å². The normalized spacial score (nSPS) is 35.4. The monoisotopic (exact) mass is 240 g/mol. The summed E-state index contributed by atoms with van der Waals surface area (Å²) in [6, 6.07) is 5.90. The average molecular weight is 241 g/mol. The van der Waals surface area contributed by atoms with E-state index in [4.69, 9.17) is 23.2 Å². The molecule has 0 radical (unpaired) electrons. The lowest BCUT2D eigenvalue weighted by Crippen LogP contribution is -2.50. The van der Waals surface area contributed by atoms with Gasteiger partial charge in [-0.3, -0.25) is 0 Å². The molecule has 2 unspecified atom stereocenters. The van der Waals surface area contributed by atoms with Crippen molar-refractivity contribution in [3.63, 3.8) is 0 Å². The number of halogens is 4. The van der Waals surface area contributed by atoms with Crippen molar-refractivity contribution in [2.75, 3.05) is 0 Å². The third-order valence-corrected chi connectivity index (χ3v) is 2.40. The molecule has 0 fully saturated rings. The highest BCUT2D eigenvalue weighted by molar-refractivity contribution is 6.32. The van der Waals surface area contributed by atoms with Crippen LogP contribution >= 0.6 is 23.2 Å². The molecule has 0 aromatic heterocycles. The Labute approximate surface area is 88.3 Å². The maximum absolute atomic E-state index is 13.2. The summed E-state index contributed by atoms with van der Waals surface area (Å²) >= 11 is 10.1. The quantitative estimate of drug-likeness (QED) is 0.649. The summed E-state index contributed by atoms with van der Waals surface area (Å²) < 4.78 is 35.5. The van der Waals surface area contributed by atoms with Crippen LogP contribution in [0.3, 0.4) is 0 Å². The largest absolute Gasteiger partial charge is 0.435 e. The summed E-state index contributed by atoms with van der Waals surface area (Å²) in [5, 5.41) is -6.47. The first-order chi connectivity index (χ1) is 6.42. The van der Waals surface area contributed by atoms with Crippen LogP contribution in [-0.2, 0) is 0 Å². The van der Waals surface area contributed by atoms with Gasteiger partial charge in [-0.1, -0.05) is 12.1 Å². The highest BCUT2D eigenvalue weighted by atomic mass is 35.5. The van der Waals surface area contributed by atoms with Gasteiger partial charge in [0.15, 0.2) is 11.5 Å². The first-order valence-corrected chi connectivity index (χ1v) is 4.41. The fourth-order valence-electron chi connectivity index (χ4n) is 1.01. The van der Waals surface area contributed by atoms with Crippen LogP contribution in [0.25, 0.3) is 0 Å². The van der Waals surface area contributed by atoms with E-state index in [1.807, 2.05) is 0 Å². The van der Waals surface area contributed by atoms with Gasteiger partial charge in [-0.15, -0.1) is 0 Å². The van der Waals surface area contributed by atoms with E-state index >= 15 is 0 Å². The zero-order chi connectivity index (χ0) is 10.4. The number of ether oxygens (including phenoxy) is 2. The van der Waals surface area contributed by atoms with E-state index in [9.17, 15) is 8.78 Å². The Balaban J connectivity index is 2.46. The molecule has 1 aromatic rings. The van der Waals surface area contributed by atoms with Gasteiger partial charge in [0, 0.05) is 0 Å². The molecule has 14 heavy (non-hydrogen) atoms. The zero-order valence-corrected chi connectivity index (χ0v) is 8.15. The van der Waals surface area contributed by atoms with E-state index in [1.165, 1.54) is 12.1 Å². The molecule has 0 amide bonds. The molecule has 1 aliphatic rings. The maximum atomic E-state index is 13.2. The minimum absolute atomic E-state index is 0.000995. The van der Waals surface area contributed by atoms with Crippen molar-refractivity contribution in [1.29, 1.82) is 0 Å². The van der Waals surface area contributed by atoms with Crippen LogP contribution in [0.1, 0.15) is 0 Å². The van der Waals surface area contributed by atoms with Crippen molar-refractivity contribution >= 4 is 23.2 Å². The van der Waals surface area contributed by atoms with Crippen LogP contribution in [0, 0.1) is 0 Å². The molecule has 0 saturated heterocycles. The summed E-state index contributed by atoms with van der Waals surface area (Å²) in [6.45, 7) is 0. The second-order valence-corrected chi connectivity index (χ2v) is 3.66. The predicted molar refractivity (Wildman–Crippen MR) is 47.1 cm³/mol.